The number of hydroxylamine groups is 1. The highest BCUT2D eigenvalue weighted by molar-refractivity contribution is 8.00. The molecule has 11 heteroatoms. The average Bonchev–Trinajstić information content (AvgIpc) is 3.36. The summed E-state index contributed by atoms with van der Waals surface area (Å²) in [6.07, 6.45) is 6.42. The highest BCUT2D eigenvalue weighted by Crippen LogP contribution is 2.35. The van der Waals surface area contributed by atoms with Crippen LogP contribution < -0.4 is 10.2 Å². The lowest BCUT2D eigenvalue weighted by Gasteiger charge is -2.33. The Labute approximate surface area is 215 Å². The van der Waals surface area contributed by atoms with E-state index in [9.17, 15) is 23.5 Å². The Balaban J connectivity index is 2.05. The number of aromatic nitrogens is 2. The van der Waals surface area contributed by atoms with Crippen LogP contribution in [0.1, 0.15) is 31.2 Å². The molecule has 0 bridgehead atoms. The molecule has 2 unspecified atom stereocenters. The number of carbonyl (C=O) groups excluding carboxylic acids is 1. The molecule has 0 spiro atoms. The number of amides is 1. The van der Waals surface area contributed by atoms with Crippen LogP contribution in [0.2, 0.25) is 0 Å². The molecule has 1 amide bonds. The molecule has 1 heterocycles. The van der Waals surface area contributed by atoms with Crippen LogP contribution in [-0.2, 0) is 26.8 Å². The Morgan fingerprint density at radius 3 is 2.50 bits per heavy atom. The van der Waals surface area contributed by atoms with Crippen LogP contribution in [0.4, 0.5) is 0 Å². The summed E-state index contributed by atoms with van der Waals surface area (Å²) in [5, 5.41) is 19.7. The highest BCUT2D eigenvalue weighted by Gasteiger charge is 2.55. The molecule has 9 nitrogen and oxygen atoms in total. The van der Waals surface area contributed by atoms with Gasteiger partial charge in [-0.1, -0.05) is 43.7 Å². The molecule has 1 aromatic heterocycles. The lowest BCUT2D eigenvalue weighted by Crippen LogP contribution is -2.57. The molecule has 2 atom stereocenters. The van der Waals surface area contributed by atoms with Gasteiger partial charge in [-0.25, -0.2) is 18.9 Å². The molecule has 36 heavy (non-hydrogen) atoms. The normalized spacial score (nSPS) is 14.1. The van der Waals surface area contributed by atoms with Gasteiger partial charge in [0.15, 0.2) is 15.7 Å². The highest BCUT2D eigenvalue weighted by atomic mass is 32.2. The third-order valence-corrected chi connectivity index (χ3v) is 8.84. The Kier molecular flexibility index (Phi) is 9.55. The number of sulfone groups is 1. The standard InChI is InChI=1S/C25H31N3O6S2/c1-3-4-16-34-20-10-12-21(13-11-20)36(32,33)22(18-35-2)25(30,24(29)27-31)23-26-14-15-28(23)17-19-8-6-5-7-9-19/h5-15,22,30-31H,3-4,16-18H2,1-2H3,(H,27,29). The maximum atomic E-state index is 13.8. The topological polar surface area (TPSA) is 131 Å². The largest absolute Gasteiger partial charge is 0.494 e. The van der Waals surface area contributed by atoms with Gasteiger partial charge >= 0.3 is 0 Å². The molecule has 0 saturated carbocycles. The fourth-order valence-electron chi connectivity index (χ4n) is 3.84. The third kappa shape index (κ3) is 5.92. The summed E-state index contributed by atoms with van der Waals surface area (Å²) >= 11 is 1.15. The fraction of sp³-hybridized carbons (Fsp3) is 0.360. The van der Waals surface area contributed by atoms with E-state index in [1.165, 1.54) is 28.4 Å². The van der Waals surface area contributed by atoms with Crippen molar-refractivity contribution >= 4 is 27.5 Å². The molecular formula is C25H31N3O6S2. The van der Waals surface area contributed by atoms with Gasteiger partial charge in [0.05, 0.1) is 11.5 Å². The molecule has 3 rings (SSSR count). The predicted molar refractivity (Wildman–Crippen MR) is 138 cm³/mol. The Hall–Kier alpha value is -2.86. The number of imidazole rings is 1. The van der Waals surface area contributed by atoms with Crippen molar-refractivity contribution in [3.63, 3.8) is 0 Å². The van der Waals surface area contributed by atoms with E-state index in [1.807, 2.05) is 37.3 Å². The molecule has 3 aromatic rings. The van der Waals surface area contributed by atoms with Gasteiger partial charge < -0.3 is 14.4 Å². The fourth-order valence-corrected chi connectivity index (χ4v) is 7.02. The van der Waals surface area contributed by atoms with E-state index in [0.717, 1.165) is 30.2 Å². The first kappa shape index (κ1) is 27.7. The lowest BCUT2D eigenvalue weighted by atomic mass is 9.97. The second-order valence-electron chi connectivity index (χ2n) is 8.23. The van der Waals surface area contributed by atoms with Crippen molar-refractivity contribution in [1.82, 2.24) is 15.0 Å². The van der Waals surface area contributed by atoms with E-state index in [2.05, 4.69) is 4.98 Å². The Morgan fingerprint density at radius 2 is 1.89 bits per heavy atom. The Bertz CT molecular complexity index is 1230. The van der Waals surface area contributed by atoms with E-state index in [0.29, 0.717) is 12.4 Å². The Morgan fingerprint density at radius 1 is 1.19 bits per heavy atom. The number of hydrogen-bond donors (Lipinski definition) is 3. The van der Waals surface area contributed by atoms with Crippen LogP contribution in [0.25, 0.3) is 0 Å². The number of carbonyl (C=O) groups is 1. The maximum Gasteiger partial charge on any atom is 0.284 e. The van der Waals surface area contributed by atoms with Gasteiger partial charge in [-0.15, -0.1) is 0 Å². The van der Waals surface area contributed by atoms with Gasteiger partial charge in [-0.05, 0) is 42.5 Å². The van der Waals surface area contributed by atoms with Crippen molar-refractivity contribution in [1.29, 1.82) is 0 Å². The van der Waals surface area contributed by atoms with Crippen LogP contribution in [0.5, 0.6) is 5.75 Å². The number of aliphatic hydroxyl groups is 1. The summed E-state index contributed by atoms with van der Waals surface area (Å²) < 4.78 is 34.7. The van der Waals surface area contributed by atoms with E-state index in [-0.39, 0.29) is 23.0 Å². The summed E-state index contributed by atoms with van der Waals surface area (Å²) in [6.45, 7) is 2.78. The van der Waals surface area contributed by atoms with Crippen LogP contribution >= 0.6 is 11.8 Å². The molecule has 2 aromatic carbocycles. The number of nitrogens with zero attached hydrogens (tertiary/aromatic N) is 2. The first-order chi connectivity index (χ1) is 17.3. The number of ether oxygens (including phenoxy) is 1. The van der Waals surface area contributed by atoms with Crippen LogP contribution in [0, 0.1) is 0 Å². The molecule has 0 aliphatic carbocycles. The molecular weight excluding hydrogens is 502 g/mol. The van der Waals surface area contributed by atoms with Gasteiger partial charge in [0.25, 0.3) is 5.91 Å². The summed E-state index contributed by atoms with van der Waals surface area (Å²) in [5.74, 6) is -1.10. The summed E-state index contributed by atoms with van der Waals surface area (Å²) in [5.41, 5.74) is -0.387. The summed E-state index contributed by atoms with van der Waals surface area (Å²) in [4.78, 5) is 17.1. The monoisotopic (exact) mass is 533 g/mol. The van der Waals surface area contributed by atoms with Crippen molar-refractivity contribution in [2.45, 2.75) is 42.1 Å². The van der Waals surface area contributed by atoms with Gasteiger partial charge in [-0.3, -0.25) is 10.0 Å². The number of thioether (sulfide) groups is 1. The number of benzene rings is 2. The average molecular weight is 534 g/mol. The van der Waals surface area contributed by atoms with Gasteiger partial charge in [0, 0.05) is 24.7 Å². The van der Waals surface area contributed by atoms with Gasteiger partial charge in [0.1, 0.15) is 11.0 Å². The van der Waals surface area contributed by atoms with Crippen LogP contribution in [-0.4, -0.2) is 58.1 Å². The smallest absolute Gasteiger partial charge is 0.284 e. The molecule has 0 aliphatic rings. The van der Waals surface area contributed by atoms with Crippen molar-refractivity contribution in [3.05, 3.63) is 78.4 Å². The zero-order chi connectivity index (χ0) is 26.2. The molecule has 0 aliphatic heterocycles. The minimum absolute atomic E-state index is 0.0882. The number of unbranched alkanes of at least 4 members (excludes halogenated alkanes) is 1. The zero-order valence-electron chi connectivity index (χ0n) is 20.2. The second-order valence-corrected chi connectivity index (χ2v) is 11.3. The minimum atomic E-state index is -4.29. The number of hydrogen-bond acceptors (Lipinski definition) is 8. The van der Waals surface area contributed by atoms with E-state index >= 15 is 0 Å². The number of rotatable bonds is 13. The van der Waals surface area contributed by atoms with Crippen LogP contribution in [0.3, 0.4) is 0 Å². The second kappa shape index (κ2) is 12.4. The maximum absolute atomic E-state index is 13.8. The molecule has 194 valence electrons. The van der Waals surface area contributed by atoms with Gasteiger partial charge in [0.2, 0.25) is 5.60 Å². The SMILES string of the molecule is CCCCOc1ccc(S(=O)(=O)C(CSC)C(O)(C(=O)NO)c2nccn2Cc2ccccc2)cc1. The van der Waals surface area contributed by atoms with E-state index in [1.54, 1.807) is 24.6 Å². The molecule has 0 radical (unpaired) electrons. The third-order valence-electron chi connectivity index (χ3n) is 5.78. The van der Waals surface area contributed by atoms with Crippen molar-refractivity contribution < 1.29 is 28.3 Å². The predicted octanol–water partition coefficient (Wildman–Crippen LogP) is 3.01. The lowest BCUT2D eigenvalue weighted by molar-refractivity contribution is -0.150. The molecule has 0 saturated heterocycles. The van der Waals surface area contributed by atoms with Crippen molar-refractivity contribution in [3.8, 4) is 5.75 Å². The van der Waals surface area contributed by atoms with Crippen LogP contribution in [0.15, 0.2) is 71.9 Å². The quantitative estimate of drug-likeness (QED) is 0.174. The molecule has 3 N–H and O–H groups in total. The first-order valence-electron chi connectivity index (χ1n) is 11.5. The minimum Gasteiger partial charge on any atom is -0.494 e. The van der Waals surface area contributed by atoms with Crippen molar-refractivity contribution in [2.24, 2.45) is 0 Å². The van der Waals surface area contributed by atoms with E-state index < -0.39 is 26.6 Å². The first-order valence-corrected chi connectivity index (χ1v) is 14.4. The zero-order valence-corrected chi connectivity index (χ0v) is 21.8. The van der Waals surface area contributed by atoms with Crippen molar-refractivity contribution in [2.75, 3.05) is 18.6 Å². The summed E-state index contributed by atoms with van der Waals surface area (Å²) in [7, 11) is -4.29. The van der Waals surface area contributed by atoms with Gasteiger partial charge in [-0.2, -0.15) is 11.8 Å². The summed E-state index contributed by atoms with van der Waals surface area (Å²) in [6, 6.07) is 15.1. The molecule has 0 fully saturated rings. The van der Waals surface area contributed by atoms with E-state index in [4.69, 9.17) is 4.74 Å². The number of nitrogens with one attached hydrogen (secondary N) is 1.